The first-order valence-corrected chi connectivity index (χ1v) is 6.36. The number of aromatic nitrogens is 2. The molecule has 0 aliphatic heterocycles. The Kier molecular flexibility index (Phi) is 3.96. The molecule has 2 aromatic rings. The first-order chi connectivity index (χ1) is 8.99. The molecule has 7 heteroatoms. The lowest BCUT2D eigenvalue weighted by molar-refractivity contribution is -0.140. The first kappa shape index (κ1) is 13.7. The normalized spacial score (nSPS) is 14.1. The number of carboxylic acids is 1. The molecule has 2 rings (SSSR count). The average molecular weight is 326 g/mol. The van der Waals surface area contributed by atoms with Crippen LogP contribution in [-0.4, -0.2) is 38.3 Å². The third-order valence-corrected chi connectivity index (χ3v) is 3.13. The summed E-state index contributed by atoms with van der Waals surface area (Å²) in [6, 6.07) is 4.29. The van der Waals surface area contributed by atoms with Crippen molar-refractivity contribution in [1.82, 2.24) is 9.97 Å². The van der Waals surface area contributed by atoms with Crippen LogP contribution in [0.5, 0.6) is 0 Å². The van der Waals surface area contributed by atoms with Crippen molar-refractivity contribution in [2.24, 2.45) is 0 Å². The Hall–Kier alpha value is -1.73. The van der Waals surface area contributed by atoms with E-state index in [1.54, 1.807) is 12.1 Å². The van der Waals surface area contributed by atoms with Crippen molar-refractivity contribution in [2.75, 3.05) is 5.32 Å². The van der Waals surface area contributed by atoms with Crippen LogP contribution in [0, 0.1) is 0 Å². The van der Waals surface area contributed by atoms with E-state index in [0.29, 0.717) is 16.7 Å². The smallest absolute Gasteiger partial charge is 0.328 e. The van der Waals surface area contributed by atoms with Crippen LogP contribution in [-0.2, 0) is 4.79 Å². The van der Waals surface area contributed by atoms with Gasteiger partial charge in [0.05, 0.1) is 11.6 Å². The number of aliphatic carboxylic acids is 1. The molecule has 6 nitrogen and oxygen atoms in total. The fraction of sp³-hybridized carbons (Fsp3) is 0.250. The zero-order valence-electron chi connectivity index (χ0n) is 10.0. The number of rotatable bonds is 4. The van der Waals surface area contributed by atoms with E-state index in [9.17, 15) is 9.90 Å². The molecule has 0 unspecified atom stereocenters. The number of aliphatic hydroxyl groups is 1. The molecule has 19 heavy (non-hydrogen) atoms. The van der Waals surface area contributed by atoms with Crippen molar-refractivity contribution < 1.29 is 15.0 Å². The molecule has 0 bridgehead atoms. The molecule has 3 N–H and O–H groups in total. The summed E-state index contributed by atoms with van der Waals surface area (Å²) in [6.45, 7) is 1.41. The van der Waals surface area contributed by atoms with E-state index >= 15 is 0 Å². The highest BCUT2D eigenvalue weighted by Crippen LogP contribution is 2.24. The fourth-order valence-electron chi connectivity index (χ4n) is 1.68. The van der Waals surface area contributed by atoms with Gasteiger partial charge in [0.2, 0.25) is 0 Å². The predicted octanol–water partition coefficient (Wildman–Crippen LogP) is 1.64. The van der Waals surface area contributed by atoms with Gasteiger partial charge >= 0.3 is 5.97 Å². The Morgan fingerprint density at radius 1 is 1.42 bits per heavy atom. The number of benzene rings is 1. The van der Waals surface area contributed by atoms with Crippen LogP contribution >= 0.6 is 15.9 Å². The second-order valence-electron chi connectivity index (χ2n) is 4.08. The quantitative estimate of drug-likeness (QED) is 0.791. The molecule has 0 radical (unpaired) electrons. The summed E-state index contributed by atoms with van der Waals surface area (Å²) >= 11 is 3.34. The van der Waals surface area contributed by atoms with Crippen LogP contribution in [0.2, 0.25) is 0 Å². The minimum absolute atomic E-state index is 0.375. The maximum absolute atomic E-state index is 11.1. The summed E-state index contributed by atoms with van der Waals surface area (Å²) in [5.41, 5.74) is 0.690. The van der Waals surface area contributed by atoms with Gasteiger partial charge in [-0.3, -0.25) is 0 Å². The topological polar surface area (TPSA) is 95.3 Å². The van der Waals surface area contributed by atoms with E-state index in [0.717, 1.165) is 4.47 Å². The standard InChI is InChI=1S/C12H12BrN3O3/c1-6(17)10(12(18)19)16-11-8-4-7(13)2-3-9(8)14-5-15-11/h2-6,10,17H,1H3,(H,18,19)(H,14,15,16)/t6-,10+/m0/s1. The fourth-order valence-corrected chi connectivity index (χ4v) is 2.04. The highest BCUT2D eigenvalue weighted by Gasteiger charge is 2.24. The van der Waals surface area contributed by atoms with Gasteiger partial charge in [0.15, 0.2) is 6.04 Å². The predicted molar refractivity (Wildman–Crippen MR) is 74.0 cm³/mol. The number of carbonyl (C=O) groups is 1. The Labute approximate surface area is 117 Å². The molecule has 0 amide bonds. The molecule has 1 aromatic carbocycles. The average Bonchev–Trinajstić information content (AvgIpc) is 2.35. The van der Waals surface area contributed by atoms with Gasteiger partial charge in [0.25, 0.3) is 0 Å². The first-order valence-electron chi connectivity index (χ1n) is 5.56. The highest BCUT2D eigenvalue weighted by atomic mass is 79.9. The van der Waals surface area contributed by atoms with Crippen molar-refractivity contribution in [3.63, 3.8) is 0 Å². The molecule has 100 valence electrons. The molecule has 1 heterocycles. The monoisotopic (exact) mass is 325 g/mol. The number of aliphatic hydroxyl groups excluding tert-OH is 1. The van der Waals surface area contributed by atoms with Gasteiger partial charge in [-0.1, -0.05) is 15.9 Å². The molecule has 0 aliphatic carbocycles. The van der Waals surface area contributed by atoms with Crippen molar-refractivity contribution in [1.29, 1.82) is 0 Å². The van der Waals surface area contributed by atoms with E-state index in [1.807, 2.05) is 6.07 Å². The number of halogens is 1. The van der Waals surface area contributed by atoms with Crippen LogP contribution in [0.3, 0.4) is 0 Å². The summed E-state index contributed by atoms with van der Waals surface area (Å²) in [5, 5.41) is 21.9. The summed E-state index contributed by atoms with van der Waals surface area (Å²) in [5.74, 6) is -0.767. The van der Waals surface area contributed by atoms with Crippen molar-refractivity contribution in [3.8, 4) is 0 Å². The highest BCUT2D eigenvalue weighted by molar-refractivity contribution is 9.10. The van der Waals surface area contributed by atoms with Gasteiger partial charge in [-0.05, 0) is 25.1 Å². The largest absolute Gasteiger partial charge is 0.480 e. The number of fused-ring (bicyclic) bond motifs is 1. The Balaban J connectivity index is 2.44. The number of nitrogens with one attached hydrogen (secondary N) is 1. The number of anilines is 1. The lowest BCUT2D eigenvalue weighted by Gasteiger charge is -2.18. The van der Waals surface area contributed by atoms with E-state index in [4.69, 9.17) is 5.11 Å². The van der Waals surface area contributed by atoms with Crippen LogP contribution in [0.1, 0.15) is 6.92 Å². The van der Waals surface area contributed by atoms with E-state index in [-0.39, 0.29) is 0 Å². The van der Waals surface area contributed by atoms with Crippen molar-refractivity contribution in [3.05, 3.63) is 29.0 Å². The third kappa shape index (κ3) is 2.99. The molecule has 0 fully saturated rings. The summed E-state index contributed by atoms with van der Waals surface area (Å²) in [7, 11) is 0. The zero-order chi connectivity index (χ0) is 14.0. The lowest BCUT2D eigenvalue weighted by Crippen LogP contribution is -2.39. The van der Waals surface area contributed by atoms with Crippen LogP contribution in [0.15, 0.2) is 29.0 Å². The van der Waals surface area contributed by atoms with Crippen molar-refractivity contribution >= 4 is 38.6 Å². The van der Waals surface area contributed by atoms with Crippen LogP contribution < -0.4 is 5.32 Å². The Bertz CT molecular complexity index is 618. The zero-order valence-corrected chi connectivity index (χ0v) is 11.6. The molecule has 1 aromatic heterocycles. The number of nitrogens with zero attached hydrogens (tertiary/aromatic N) is 2. The molecule has 0 aliphatic rings. The minimum Gasteiger partial charge on any atom is -0.480 e. The number of hydrogen-bond donors (Lipinski definition) is 3. The van der Waals surface area contributed by atoms with Gasteiger partial charge < -0.3 is 15.5 Å². The summed E-state index contributed by atoms with van der Waals surface area (Å²) in [6.07, 6.45) is 0.300. The molecule has 0 spiro atoms. The van der Waals surface area contributed by atoms with Gasteiger partial charge in [-0.15, -0.1) is 0 Å². The van der Waals surface area contributed by atoms with Crippen molar-refractivity contribution in [2.45, 2.75) is 19.1 Å². The van der Waals surface area contributed by atoms with E-state index < -0.39 is 18.1 Å². The molecule has 0 saturated carbocycles. The molecule has 2 atom stereocenters. The summed E-state index contributed by atoms with van der Waals surface area (Å²) < 4.78 is 0.835. The third-order valence-electron chi connectivity index (χ3n) is 2.64. The second-order valence-corrected chi connectivity index (χ2v) is 5.00. The molecule has 0 saturated heterocycles. The molecular formula is C12H12BrN3O3. The SMILES string of the molecule is C[C@H](O)[C@@H](Nc1ncnc2ccc(Br)cc12)C(=O)O. The number of hydrogen-bond acceptors (Lipinski definition) is 5. The van der Waals surface area contributed by atoms with Gasteiger partial charge in [-0.25, -0.2) is 14.8 Å². The minimum atomic E-state index is -1.14. The van der Waals surface area contributed by atoms with Gasteiger partial charge in [0, 0.05) is 9.86 Å². The Morgan fingerprint density at radius 2 is 2.16 bits per heavy atom. The van der Waals surface area contributed by atoms with Gasteiger partial charge in [-0.2, -0.15) is 0 Å². The van der Waals surface area contributed by atoms with Gasteiger partial charge in [0.1, 0.15) is 12.1 Å². The number of carboxylic acid groups (broad SMARTS) is 1. The maximum atomic E-state index is 11.1. The van der Waals surface area contributed by atoms with Crippen LogP contribution in [0.25, 0.3) is 10.9 Å². The summed E-state index contributed by atoms with van der Waals surface area (Å²) in [4.78, 5) is 19.2. The van der Waals surface area contributed by atoms with E-state index in [2.05, 4.69) is 31.2 Å². The van der Waals surface area contributed by atoms with Crippen LogP contribution in [0.4, 0.5) is 5.82 Å². The second kappa shape index (κ2) is 5.50. The van der Waals surface area contributed by atoms with E-state index in [1.165, 1.54) is 13.3 Å². The molecular weight excluding hydrogens is 314 g/mol. The maximum Gasteiger partial charge on any atom is 0.328 e. The lowest BCUT2D eigenvalue weighted by atomic mass is 10.1. The Morgan fingerprint density at radius 3 is 2.79 bits per heavy atom.